The molecule has 3 rings (SSSR count). The van der Waals surface area contributed by atoms with Crippen molar-refractivity contribution in [3.05, 3.63) is 11.6 Å². The van der Waals surface area contributed by atoms with Crippen LogP contribution in [0.1, 0.15) is 38.5 Å². The molecule has 1 N–H and O–H groups in total. The van der Waals surface area contributed by atoms with E-state index in [-0.39, 0.29) is 11.9 Å². The summed E-state index contributed by atoms with van der Waals surface area (Å²) in [7, 11) is 2.15. The van der Waals surface area contributed by atoms with Gasteiger partial charge in [0.05, 0.1) is 6.10 Å². The second-order valence-electron chi connectivity index (χ2n) is 7.39. The van der Waals surface area contributed by atoms with E-state index < -0.39 is 6.10 Å². The minimum absolute atomic E-state index is 0.203. The molecule has 2 atom stereocenters. The lowest BCUT2D eigenvalue weighted by molar-refractivity contribution is -0.135. The molecule has 0 bridgehead atoms. The van der Waals surface area contributed by atoms with Gasteiger partial charge in [-0.25, -0.2) is 0 Å². The third-order valence-electron chi connectivity index (χ3n) is 5.67. The van der Waals surface area contributed by atoms with E-state index in [1.54, 1.807) is 0 Å². The number of likely N-dealkylation sites (tertiary alicyclic amines) is 1. The van der Waals surface area contributed by atoms with Crippen LogP contribution in [-0.2, 0) is 4.79 Å². The zero-order valence-electron chi connectivity index (χ0n) is 14.4. The fourth-order valence-corrected chi connectivity index (χ4v) is 4.10. The highest BCUT2D eigenvalue weighted by molar-refractivity contribution is 5.79. The standard InChI is InChI=1S/C18H31N3O2/c1-19-9-11-20(12-10-19)16-7-8-21(14-17(16)22)18(23)13-15-5-3-2-4-6-15/h5,16-17,22H,2-4,6-14H2,1H3/t16-,17-/m1/s1. The Hall–Kier alpha value is -0.910. The number of allylic oxidation sites excluding steroid dienone is 1. The summed E-state index contributed by atoms with van der Waals surface area (Å²) in [5.41, 5.74) is 1.30. The van der Waals surface area contributed by atoms with Crippen molar-refractivity contribution in [2.75, 3.05) is 46.3 Å². The number of β-amino-alcohol motifs (C(OH)–C–C–N with tert-alkyl or cyclic N) is 1. The first kappa shape index (κ1) is 16.9. The number of hydrogen-bond donors (Lipinski definition) is 1. The quantitative estimate of drug-likeness (QED) is 0.791. The first-order chi connectivity index (χ1) is 11.1. The van der Waals surface area contributed by atoms with Crippen LogP contribution in [0.5, 0.6) is 0 Å². The SMILES string of the molecule is CN1CCN([C@@H]2CCN(C(=O)CC3=CCCCC3)C[C@H]2O)CC1. The largest absolute Gasteiger partial charge is 0.390 e. The van der Waals surface area contributed by atoms with Crippen molar-refractivity contribution in [3.63, 3.8) is 0 Å². The minimum atomic E-state index is -0.406. The first-order valence-electron chi connectivity index (χ1n) is 9.20. The molecule has 2 fully saturated rings. The topological polar surface area (TPSA) is 47.0 Å². The molecule has 5 nitrogen and oxygen atoms in total. The van der Waals surface area contributed by atoms with E-state index >= 15 is 0 Å². The zero-order chi connectivity index (χ0) is 16.2. The summed E-state index contributed by atoms with van der Waals surface area (Å²) in [6.45, 7) is 5.49. The van der Waals surface area contributed by atoms with Crippen LogP contribution in [0.15, 0.2) is 11.6 Å². The van der Waals surface area contributed by atoms with Gasteiger partial charge in [0.25, 0.3) is 0 Å². The molecular formula is C18H31N3O2. The Labute approximate surface area is 139 Å². The summed E-state index contributed by atoms with van der Waals surface area (Å²) < 4.78 is 0. The minimum Gasteiger partial charge on any atom is -0.390 e. The van der Waals surface area contributed by atoms with Crippen LogP contribution in [0.2, 0.25) is 0 Å². The number of likely N-dealkylation sites (N-methyl/N-ethyl adjacent to an activating group) is 1. The van der Waals surface area contributed by atoms with Gasteiger partial charge in [-0.05, 0) is 39.2 Å². The van der Waals surface area contributed by atoms with E-state index in [2.05, 4.69) is 22.9 Å². The molecule has 0 radical (unpaired) electrons. The van der Waals surface area contributed by atoms with E-state index in [1.807, 2.05) is 4.90 Å². The van der Waals surface area contributed by atoms with Crippen molar-refractivity contribution in [1.29, 1.82) is 0 Å². The van der Waals surface area contributed by atoms with Crippen molar-refractivity contribution in [2.45, 2.75) is 50.7 Å². The van der Waals surface area contributed by atoms with Crippen LogP contribution < -0.4 is 0 Å². The molecule has 5 heteroatoms. The van der Waals surface area contributed by atoms with Crippen LogP contribution in [0, 0.1) is 0 Å². The fraction of sp³-hybridized carbons (Fsp3) is 0.833. The molecule has 0 saturated carbocycles. The predicted molar refractivity (Wildman–Crippen MR) is 91.2 cm³/mol. The maximum absolute atomic E-state index is 12.5. The molecule has 2 aliphatic heterocycles. The molecule has 2 saturated heterocycles. The number of rotatable bonds is 3. The number of aliphatic hydroxyl groups excluding tert-OH is 1. The van der Waals surface area contributed by atoms with Crippen LogP contribution in [0.3, 0.4) is 0 Å². The average Bonchev–Trinajstić information content (AvgIpc) is 2.57. The summed E-state index contributed by atoms with van der Waals surface area (Å²) >= 11 is 0. The Kier molecular flexibility index (Phi) is 5.72. The predicted octanol–water partition coefficient (Wildman–Crippen LogP) is 1.09. The normalized spacial score (nSPS) is 31.0. The maximum Gasteiger partial charge on any atom is 0.226 e. The van der Waals surface area contributed by atoms with Gasteiger partial charge < -0.3 is 14.9 Å². The summed E-state index contributed by atoms with van der Waals surface area (Å²) in [5.74, 6) is 0.203. The highest BCUT2D eigenvalue weighted by Crippen LogP contribution is 2.23. The molecule has 0 aromatic heterocycles. The van der Waals surface area contributed by atoms with Crippen molar-refractivity contribution < 1.29 is 9.90 Å². The van der Waals surface area contributed by atoms with Gasteiger partial charge in [-0.15, -0.1) is 0 Å². The van der Waals surface area contributed by atoms with Gasteiger partial charge in [0, 0.05) is 51.7 Å². The molecule has 0 aromatic rings. The van der Waals surface area contributed by atoms with E-state index in [0.717, 1.165) is 52.0 Å². The van der Waals surface area contributed by atoms with Gasteiger partial charge in [0.15, 0.2) is 0 Å². The Bertz CT molecular complexity index is 444. The van der Waals surface area contributed by atoms with E-state index in [9.17, 15) is 9.90 Å². The average molecular weight is 321 g/mol. The number of aliphatic hydroxyl groups is 1. The monoisotopic (exact) mass is 321 g/mol. The van der Waals surface area contributed by atoms with Gasteiger partial charge >= 0.3 is 0 Å². The van der Waals surface area contributed by atoms with Crippen LogP contribution in [-0.4, -0.2) is 84.2 Å². The first-order valence-corrected chi connectivity index (χ1v) is 9.20. The molecule has 0 unspecified atom stereocenters. The molecule has 130 valence electrons. The zero-order valence-corrected chi connectivity index (χ0v) is 14.4. The van der Waals surface area contributed by atoms with E-state index in [0.29, 0.717) is 13.0 Å². The van der Waals surface area contributed by atoms with Crippen molar-refractivity contribution >= 4 is 5.91 Å². The van der Waals surface area contributed by atoms with Crippen LogP contribution in [0.4, 0.5) is 0 Å². The summed E-state index contributed by atoms with van der Waals surface area (Å²) in [6.07, 6.45) is 7.97. The van der Waals surface area contributed by atoms with Gasteiger partial charge in [-0.1, -0.05) is 11.6 Å². The third kappa shape index (κ3) is 4.34. The smallest absolute Gasteiger partial charge is 0.226 e. The lowest BCUT2D eigenvalue weighted by Gasteiger charge is -2.44. The van der Waals surface area contributed by atoms with E-state index in [1.165, 1.54) is 18.4 Å². The Balaban J connectivity index is 1.49. The van der Waals surface area contributed by atoms with E-state index in [4.69, 9.17) is 0 Å². The number of piperidine rings is 1. The van der Waals surface area contributed by atoms with Gasteiger partial charge in [0.2, 0.25) is 5.91 Å². The molecule has 23 heavy (non-hydrogen) atoms. The number of carbonyl (C=O) groups is 1. The summed E-state index contributed by atoms with van der Waals surface area (Å²) in [5, 5.41) is 10.5. The highest BCUT2D eigenvalue weighted by Gasteiger charge is 2.34. The lowest BCUT2D eigenvalue weighted by atomic mass is 9.95. The highest BCUT2D eigenvalue weighted by atomic mass is 16.3. The molecular weight excluding hydrogens is 290 g/mol. The number of piperazine rings is 1. The number of hydrogen-bond acceptors (Lipinski definition) is 4. The Morgan fingerprint density at radius 3 is 2.65 bits per heavy atom. The van der Waals surface area contributed by atoms with Crippen molar-refractivity contribution in [1.82, 2.24) is 14.7 Å². The third-order valence-corrected chi connectivity index (χ3v) is 5.67. The molecule has 0 aromatic carbocycles. The van der Waals surface area contributed by atoms with Crippen molar-refractivity contribution in [3.8, 4) is 0 Å². The van der Waals surface area contributed by atoms with Crippen LogP contribution in [0.25, 0.3) is 0 Å². The Morgan fingerprint density at radius 1 is 1.22 bits per heavy atom. The lowest BCUT2D eigenvalue weighted by Crippen LogP contribution is -2.59. The summed E-state index contributed by atoms with van der Waals surface area (Å²) in [6, 6.07) is 0.224. The van der Waals surface area contributed by atoms with Gasteiger partial charge in [-0.2, -0.15) is 0 Å². The molecule has 3 aliphatic rings. The number of amides is 1. The molecule has 1 amide bonds. The summed E-state index contributed by atoms with van der Waals surface area (Å²) in [4.78, 5) is 19.1. The fourth-order valence-electron chi connectivity index (χ4n) is 4.10. The van der Waals surface area contributed by atoms with Crippen molar-refractivity contribution in [2.24, 2.45) is 0 Å². The number of nitrogens with zero attached hydrogens (tertiary/aromatic N) is 3. The molecule has 2 heterocycles. The van der Waals surface area contributed by atoms with Gasteiger partial charge in [-0.3, -0.25) is 9.69 Å². The molecule has 0 spiro atoms. The maximum atomic E-state index is 12.5. The second kappa shape index (κ2) is 7.77. The van der Waals surface area contributed by atoms with Gasteiger partial charge in [0.1, 0.15) is 0 Å². The number of carbonyl (C=O) groups excluding carboxylic acids is 1. The Morgan fingerprint density at radius 2 is 2.00 bits per heavy atom. The molecule has 1 aliphatic carbocycles. The van der Waals surface area contributed by atoms with Crippen LogP contribution >= 0.6 is 0 Å². The second-order valence-corrected chi connectivity index (χ2v) is 7.39.